The predicted octanol–water partition coefficient (Wildman–Crippen LogP) is 4.12. The Morgan fingerprint density at radius 3 is 2.59 bits per heavy atom. The van der Waals surface area contributed by atoms with Crippen molar-refractivity contribution in [2.45, 2.75) is 57.5 Å². The molecule has 1 N–H and O–H groups in total. The number of unbranched alkanes of at least 4 members (excludes halogenated alkanes) is 2. The van der Waals surface area contributed by atoms with Crippen LogP contribution in [0.3, 0.4) is 0 Å². The lowest BCUT2D eigenvalue weighted by atomic mass is 9.90. The average molecular weight is 232 g/mol. The fourth-order valence-corrected chi connectivity index (χ4v) is 2.87. The van der Waals surface area contributed by atoms with Crippen molar-refractivity contribution >= 4 is 0 Å². The van der Waals surface area contributed by atoms with Crippen LogP contribution in [0.4, 0.5) is 0 Å². The molecule has 0 saturated heterocycles. The van der Waals surface area contributed by atoms with Crippen LogP contribution in [0.25, 0.3) is 0 Å². The second-order valence-corrected chi connectivity index (χ2v) is 5.67. The van der Waals surface area contributed by atoms with Crippen LogP contribution < -0.4 is 0 Å². The maximum absolute atomic E-state index is 10.5. The summed E-state index contributed by atoms with van der Waals surface area (Å²) in [4.78, 5) is 0. The minimum atomic E-state index is -0.463. The Labute approximate surface area is 105 Å². The van der Waals surface area contributed by atoms with Crippen molar-refractivity contribution in [1.29, 1.82) is 0 Å². The van der Waals surface area contributed by atoms with Gasteiger partial charge in [0.1, 0.15) is 0 Å². The highest BCUT2D eigenvalue weighted by atomic mass is 16.3. The van der Waals surface area contributed by atoms with Gasteiger partial charge in [0.15, 0.2) is 0 Å². The molecule has 1 aromatic carbocycles. The smallest absolute Gasteiger partial charge is 0.0653 e. The van der Waals surface area contributed by atoms with E-state index in [2.05, 4.69) is 37.3 Å². The van der Waals surface area contributed by atoms with E-state index in [1.807, 2.05) is 6.92 Å². The van der Waals surface area contributed by atoms with Gasteiger partial charge in [-0.15, -0.1) is 0 Å². The van der Waals surface area contributed by atoms with Gasteiger partial charge < -0.3 is 5.11 Å². The molecule has 0 radical (unpaired) electrons. The number of hydrogen-bond acceptors (Lipinski definition) is 1. The summed E-state index contributed by atoms with van der Waals surface area (Å²) in [6.45, 7) is 4.23. The highest BCUT2D eigenvalue weighted by Crippen LogP contribution is 2.54. The Morgan fingerprint density at radius 2 is 1.94 bits per heavy atom. The second kappa shape index (κ2) is 5.22. The van der Waals surface area contributed by atoms with Crippen molar-refractivity contribution in [2.24, 2.45) is 5.92 Å². The Morgan fingerprint density at radius 1 is 1.24 bits per heavy atom. The largest absolute Gasteiger partial charge is 0.390 e. The molecule has 1 saturated carbocycles. The predicted molar refractivity (Wildman–Crippen MR) is 72.1 cm³/mol. The van der Waals surface area contributed by atoms with E-state index >= 15 is 0 Å². The summed E-state index contributed by atoms with van der Waals surface area (Å²) in [5, 5.41) is 10.5. The van der Waals surface area contributed by atoms with Crippen LogP contribution in [0.15, 0.2) is 30.3 Å². The van der Waals surface area contributed by atoms with Crippen molar-refractivity contribution < 1.29 is 5.11 Å². The minimum Gasteiger partial charge on any atom is -0.390 e. The Balaban J connectivity index is 1.89. The van der Waals surface area contributed by atoms with Crippen molar-refractivity contribution in [2.75, 3.05) is 0 Å². The summed E-state index contributed by atoms with van der Waals surface area (Å²) in [6.07, 6.45) is 5.72. The van der Waals surface area contributed by atoms with E-state index in [-0.39, 0.29) is 0 Å². The molecule has 17 heavy (non-hydrogen) atoms. The van der Waals surface area contributed by atoms with Crippen LogP contribution in [0.1, 0.15) is 57.4 Å². The van der Waals surface area contributed by atoms with E-state index in [1.54, 1.807) is 0 Å². The Kier molecular flexibility index (Phi) is 3.88. The van der Waals surface area contributed by atoms with Crippen molar-refractivity contribution in [1.82, 2.24) is 0 Å². The van der Waals surface area contributed by atoms with Crippen molar-refractivity contribution in [3.05, 3.63) is 35.9 Å². The van der Waals surface area contributed by atoms with E-state index in [1.165, 1.54) is 18.4 Å². The molecular formula is C16H24O. The summed E-state index contributed by atoms with van der Waals surface area (Å²) >= 11 is 0. The zero-order chi connectivity index (χ0) is 12.3. The molecule has 0 amide bonds. The molecule has 2 rings (SSSR count). The highest BCUT2D eigenvalue weighted by Gasteiger charge is 2.49. The van der Waals surface area contributed by atoms with Gasteiger partial charge in [-0.05, 0) is 37.2 Å². The maximum atomic E-state index is 10.5. The monoisotopic (exact) mass is 232 g/mol. The topological polar surface area (TPSA) is 20.2 Å². The molecule has 0 aliphatic heterocycles. The summed E-state index contributed by atoms with van der Waals surface area (Å²) in [5.41, 5.74) is 0.934. The lowest BCUT2D eigenvalue weighted by Crippen LogP contribution is -2.27. The summed E-state index contributed by atoms with van der Waals surface area (Å²) in [5.74, 6) is 1.06. The van der Waals surface area contributed by atoms with Gasteiger partial charge in [-0.3, -0.25) is 0 Å². The molecule has 94 valence electrons. The molecule has 0 bridgehead atoms. The number of rotatable bonds is 6. The van der Waals surface area contributed by atoms with E-state index in [9.17, 15) is 5.11 Å². The highest BCUT2D eigenvalue weighted by molar-refractivity contribution is 5.27. The third kappa shape index (κ3) is 3.10. The van der Waals surface area contributed by atoms with Gasteiger partial charge in [-0.2, -0.15) is 0 Å². The van der Waals surface area contributed by atoms with Crippen LogP contribution in [0, 0.1) is 5.92 Å². The molecule has 1 aliphatic rings. The van der Waals surface area contributed by atoms with Crippen LogP contribution in [0.5, 0.6) is 0 Å². The fourth-order valence-electron chi connectivity index (χ4n) is 2.87. The first-order valence-electron chi connectivity index (χ1n) is 6.92. The molecule has 0 spiro atoms. The fraction of sp³-hybridized carbons (Fsp3) is 0.625. The van der Waals surface area contributed by atoms with E-state index in [0.717, 1.165) is 19.3 Å². The van der Waals surface area contributed by atoms with E-state index < -0.39 is 5.60 Å². The Hall–Kier alpha value is -0.820. The molecule has 0 aromatic heterocycles. The molecule has 1 aromatic rings. The van der Waals surface area contributed by atoms with Gasteiger partial charge in [-0.25, -0.2) is 0 Å². The molecule has 1 aliphatic carbocycles. The molecule has 1 heteroatoms. The third-order valence-electron chi connectivity index (χ3n) is 4.10. The standard InChI is InChI=1S/C16H24O/c1-3-4-8-11-16(2,17)15-12-14(15)13-9-6-5-7-10-13/h5-7,9-10,14-15,17H,3-4,8,11-12H2,1-2H3. The molecule has 0 heterocycles. The van der Waals surface area contributed by atoms with E-state index in [4.69, 9.17) is 0 Å². The first kappa shape index (κ1) is 12.6. The van der Waals surface area contributed by atoms with Gasteiger partial charge in [0.2, 0.25) is 0 Å². The van der Waals surface area contributed by atoms with Gasteiger partial charge in [0.25, 0.3) is 0 Å². The molecule has 1 fully saturated rings. The van der Waals surface area contributed by atoms with Crippen molar-refractivity contribution in [3.8, 4) is 0 Å². The van der Waals surface area contributed by atoms with Crippen molar-refractivity contribution in [3.63, 3.8) is 0 Å². The van der Waals surface area contributed by atoms with Crippen LogP contribution in [0.2, 0.25) is 0 Å². The van der Waals surface area contributed by atoms with E-state index in [0.29, 0.717) is 11.8 Å². The third-order valence-corrected chi connectivity index (χ3v) is 4.10. The SMILES string of the molecule is CCCCCC(C)(O)C1CC1c1ccccc1. The number of aliphatic hydroxyl groups is 1. The first-order valence-corrected chi connectivity index (χ1v) is 6.92. The van der Waals surface area contributed by atoms with Crippen LogP contribution in [-0.4, -0.2) is 10.7 Å². The number of benzene rings is 1. The lowest BCUT2D eigenvalue weighted by Gasteiger charge is -2.23. The molecule has 3 unspecified atom stereocenters. The first-order chi connectivity index (χ1) is 8.15. The van der Waals surface area contributed by atoms with Gasteiger partial charge in [-0.1, -0.05) is 56.5 Å². The zero-order valence-electron chi connectivity index (χ0n) is 11.0. The van der Waals surface area contributed by atoms with Gasteiger partial charge in [0.05, 0.1) is 5.60 Å². The quantitative estimate of drug-likeness (QED) is 0.731. The van der Waals surface area contributed by atoms with Crippen LogP contribution >= 0.6 is 0 Å². The summed E-state index contributed by atoms with van der Waals surface area (Å²) in [6, 6.07) is 10.6. The molecule has 1 nitrogen and oxygen atoms in total. The average Bonchev–Trinajstić information content (AvgIpc) is 3.11. The van der Waals surface area contributed by atoms with Gasteiger partial charge >= 0.3 is 0 Å². The summed E-state index contributed by atoms with van der Waals surface area (Å²) in [7, 11) is 0. The Bertz CT molecular complexity index is 342. The normalized spacial score (nSPS) is 26.5. The van der Waals surface area contributed by atoms with Crippen LogP contribution in [-0.2, 0) is 0 Å². The maximum Gasteiger partial charge on any atom is 0.0653 e. The number of hydrogen-bond donors (Lipinski definition) is 1. The summed E-state index contributed by atoms with van der Waals surface area (Å²) < 4.78 is 0. The molecule has 3 atom stereocenters. The minimum absolute atomic E-state index is 0.463. The van der Waals surface area contributed by atoms with Gasteiger partial charge in [0, 0.05) is 0 Å². The second-order valence-electron chi connectivity index (χ2n) is 5.67. The molecular weight excluding hydrogens is 208 g/mol. The zero-order valence-corrected chi connectivity index (χ0v) is 11.0. The lowest BCUT2D eigenvalue weighted by molar-refractivity contribution is 0.0236.